The Bertz CT molecular complexity index is 869. The van der Waals surface area contributed by atoms with Gasteiger partial charge in [0.25, 0.3) is 0 Å². The van der Waals surface area contributed by atoms with Crippen LogP contribution in [0.1, 0.15) is 5.56 Å². The first kappa shape index (κ1) is 16.1. The number of fused-ring (bicyclic) bond motifs is 1. The van der Waals surface area contributed by atoms with Crippen molar-refractivity contribution < 1.29 is 14.3 Å². The Morgan fingerprint density at radius 3 is 2.65 bits per heavy atom. The molecule has 2 amide bonds. The average molecular weight is 350 g/mol. The molecule has 1 fully saturated rings. The van der Waals surface area contributed by atoms with Crippen molar-refractivity contribution >= 4 is 17.4 Å². The topological polar surface area (TPSA) is 77.8 Å². The van der Waals surface area contributed by atoms with Crippen LogP contribution in [0, 0.1) is 11.3 Å². The lowest BCUT2D eigenvalue weighted by molar-refractivity contribution is 0.174. The molecule has 2 aromatic carbocycles. The third-order valence-corrected chi connectivity index (χ3v) is 4.53. The summed E-state index contributed by atoms with van der Waals surface area (Å²) in [6.07, 6.45) is 0. The fourth-order valence-corrected chi connectivity index (χ4v) is 3.12. The standard InChI is InChI=1S/C19H18N4O3/c20-12-14-2-1-3-16(10-14)22-6-8-23(9-7-22)19(24)21-15-4-5-17-18(11-15)26-13-25-17/h1-5,10-11H,6-9,13H2,(H,21,24). The van der Waals surface area contributed by atoms with Crippen molar-refractivity contribution in [2.24, 2.45) is 0 Å². The summed E-state index contributed by atoms with van der Waals surface area (Å²) in [5.41, 5.74) is 2.34. The molecule has 7 nitrogen and oxygen atoms in total. The first-order chi connectivity index (χ1) is 12.7. The molecule has 0 spiro atoms. The van der Waals surface area contributed by atoms with Gasteiger partial charge in [0.2, 0.25) is 6.79 Å². The third-order valence-electron chi connectivity index (χ3n) is 4.53. The summed E-state index contributed by atoms with van der Waals surface area (Å²) >= 11 is 0. The van der Waals surface area contributed by atoms with Crippen LogP contribution in [0.4, 0.5) is 16.2 Å². The minimum atomic E-state index is -0.130. The van der Waals surface area contributed by atoms with Crippen LogP contribution in [0.25, 0.3) is 0 Å². The average Bonchev–Trinajstić information content (AvgIpc) is 3.16. The molecule has 0 saturated carbocycles. The predicted molar refractivity (Wildman–Crippen MR) is 96.5 cm³/mol. The fourth-order valence-electron chi connectivity index (χ4n) is 3.12. The quantitative estimate of drug-likeness (QED) is 0.901. The smallest absolute Gasteiger partial charge is 0.321 e. The van der Waals surface area contributed by atoms with Crippen LogP contribution in [0.15, 0.2) is 42.5 Å². The maximum Gasteiger partial charge on any atom is 0.321 e. The Hall–Kier alpha value is -3.40. The summed E-state index contributed by atoms with van der Waals surface area (Å²) in [6, 6.07) is 14.9. The van der Waals surface area contributed by atoms with E-state index in [0.29, 0.717) is 35.8 Å². The van der Waals surface area contributed by atoms with Crippen molar-refractivity contribution in [2.45, 2.75) is 0 Å². The fraction of sp³-hybridized carbons (Fsp3) is 0.263. The molecule has 0 aromatic heterocycles. The minimum Gasteiger partial charge on any atom is -0.454 e. The van der Waals surface area contributed by atoms with E-state index in [1.54, 1.807) is 29.2 Å². The van der Waals surface area contributed by atoms with Crippen LogP contribution in [0.2, 0.25) is 0 Å². The molecule has 0 radical (unpaired) electrons. The Kier molecular flexibility index (Phi) is 4.23. The maximum atomic E-state index is 12.5. The van der Waals surface area contributed by atoms with E-state index >= 15 is 0 Å². The normalized spacial score (nSPS) is 15.5. The van der Waals surface area contributed by atoms with Gasteiger partial charge in [-0.3, -0.25) is 0 Å². The van der Waals surface area contributed by atoms with Crippen LogP contribution < -0.4 is 19.7 Å². The van der Waals surface area contributed by atoms with Crippen molar-refractivity contribution in [2.75, 3.05) is 43.2 Å². The molecular formula is C19H18N4O3. The van der Waals surface area contributed by atoms with Gasteiger partial charge in [-0.2, -0.15) is 5.26 Å². The maximum absolute atomic E-state index is 12.5. The highest BCUT2D eigenvalue weighted by Gasteiger charge is 2.22. The molecular weight excluding hydrogens is 332 g/mol. The number of nitriles is 1. The molecule has 2 aliphatic rings. The third kappa shape index (κ3) is 3.22. The summed E-state index contributed by atoms with van der Waals surface area (Å²) in [5, 5.41) is 11.9. The van der Waals surface area contributed by atoms with Crippen LogP contribution >= 0.6 is 0 Å². The molecule has 26 heavy (non-hydrogen) atoms. The molecule has 2 aromatic rings. The zero-order valence-electron chi connectivity index (χ0n) is 14.1. The number of rotatable bonds is 2. The molecule has 1 saturated heterocycles. The van der Waals surface area contributed by atoms with Gasteiger partial charge in [0, 0.05) is 43.6 Å². The largest absolute Gasteiger partial charge is 0.454 e. The first-order valence-corrected chi connectivity index (χ1v) is 8.43. The number of hydrogen-bond acceptors (Lipinski definition) is 5. The highest BCUT2D eigenvalue weighted by Crippen LogP contribution is 2.34. The number of carbonyl (C=O) groups excluding carboxylic acids is 1. The molecule has 2 heterocycles. The number of carbonyl (C=O) groups is 1. The molecule has 1 N–H and O–H groups in total. The molecule has 132 valence electrons. The highest BCUT2D eigenvalue weighted by molar-refractivity contribution is 5.90. The predicted octanol–water partition coefficient (Wildman–Crippen LogP) is 2.64. The van der Waals surface area contributed by atoms with Crippen LogP contribution in [-0.2, 0) is 0 Å². The molecule has 4 rings (SSSR count). The number of benzene rings is 2. The Labute approximate surface area is 151 Å². The second-order valence-corrected chi connectivity index (χ2v) is 6.13. The highest BCUT2D eigenvalue weighted by atomic mass is 16.7. The summed E-state index contributed by atoms with van der Waals surface area (Å²) in [6.45, 7) is 2.90. The number of hydrogen-bond donors (Lipinski definition) is 1. The summed E-state index contributed by atoms with van der Waals surface area (Å²) in [5.74, 6) is 1.33. The molecule has 7 heteroatoms. The van der Waals surface area contributed by atoms with Crippen molar-refractivity contribution in [3.05, 3.63) is 48.0 Å². The van der Waals surface area contributed by atoms with Gasteiger partial charge in [-0.15, -0.1) is 0 Å². The van der Waals surface area contributed by atoms with Crippen molar-refractivity contribution in [3.63, 3.8) is 0 Å². The number of anilines is 2. The van der Waals surface area contributed by atoms with Crippen LogP contribution in [0.3, 0.4) is 0 Å². The molecule has 0 bridgehead atoms. The lowest BCUT2D eigenvalue weighted by Gasteiger charge is -2.36. The molecule has 0 unspecified atom stereocenters. The van der Waals surface area contributed by atoms with Crippen LogP contribution in [-0.4, -0.2) is 43.9 Å². The SMILES string of the molecule is N#Cc1cccc(N2CCN(C(=O)Nc3ccc4c(c3)OCO4)CC2)c1. The van der Waals surface area contributed by atoms with E-state index < -0.39 is 0 Å². The number of amides is 2. The van der Waals surface area contributed by atoms with Crippen molar-refractivity contribution in [1.29, 1.82) is 5.26 Å². The lowest BCUT2D eigenvalue weighted by Crippen LogP contribution is -2.50. The number of nitrogens with one attached hydrogen (secondary N) is 1. The number of piperazine rings is 1. The lowest BCUT2D eigenvalue weighted by atomic mass is 10.2. The van der Waals surface area contributed by atoms with E-state index in [1.807, 2.05) is 18.2 Å². The van der Waals surface area contributed by atoms with Gasteiger partial charge < -0.3 is 24.6 Å². The van der Waals surface area contributed by atoms with Gasteiger partial charge in [0.05, 0.1) is 11.6 Å². The van der Waals surface area contributed by atoms with Gasteiger partial charge in [-0.1, -0.05) is 6.07 Å². The Morgan fingerprint density at radius 1 is 1.04 bits per heavy atom. The van der Waals surface area contributed by atoms with E-state index in [1.165, 1.54) is 0 Å². The zero-order chi connectivity index (χ0) is 17.9. The van der Waals surface area contributed by atoms with E-state index in [9.17, 15) is 4.79 Å². The van der Waals surface area contributed by atoms with E-state index in [4.69, 9.17) is 14.7 Å². The molecule has 2 aliphatic heterocycles. The Morgan fingerprint density at radius 2 is 1.85 bits per heavy atom. The van der Waals surface area contributed by atoms with Gasteiger partial charge in [-0.05, 0) is 30.3 Å². The molecule has 0 aliphatic carbocycles. The van der Waals surface area contributed by atoms with Crippen molar-refractivity contribution in [1.82, 2.24) is 4.90 Å². The van der Waals surface area contributed by atoms with Gasteiger partial charge in [0.15, 0.2) is 11.5 Å². The second-order valence-electron chi connectivity index (χ2n) is 6.13. The molecule has 0 atom stereocenters. The zero-order valence-corrected chi connectivity index (χ0v) is 14.1. The van der Waals surface area contributed by atoms with Crippen molar-refractivity contribution in [3.8, 4) is 17.6 Å². The summed E-state index contributed by atoms with van der Waals surface area (Å²) in [7, 11) is 0. The van der Waals surface area contributed by atoms with E-state index in [2.05, 4.69) is 16.3 Å². The first-order valence-electron chi connectivity index (χ1n) is 8.43. The second kappa shape index (κ2) is 6.84. The van der Waals surface area contributed by atoms with E-state index in [-0.39, 0.29) is 12.8 Å². The minimum absolute atomic E-state index is 0.130. The number of urea groups is 1. The Balaban J connectivity index is 1.35. The van der Waals surface area contributed by atoms with Gasteiger partial charge in [-0.25, -0.2) is 4.79 Å². The van der Waals surface area contributed by atoms with E-state index in [0.717, 1.165) is 18.8 Å². The summed E-state index contributed by atoms with van der Waals surface area (Å²) in [4.78, 5) is 16.5. The number of nitrogens with zero attached hydrogens (tertiary/aromatic N) is 3. The monoisotopic (exact) mass is 350 g/mol. The van der Waals surface area contributed by atoms with Gasteiger partial charge >= 0.3 is 6.03 Å². The van der Waals surface area contributed by atoms with Crippen LogP contribution in [0.5, 0.6) is 11.5 Å². The summed E-state index contributed by atoms with van der Waals surface area (Å²) < 4.78 is 10.6. The number of ether oxygens (including phenoxy) is 2. The van der Waals surface area contributed by atoms with Gasteiger partial charge in [0.1, 0.15) is 0 Å².